The fourth-order valence-corrected chi connectivity index (χ4v) is 1.80. The van der Waals surface area contributed by atoms with Gasteiger partial charge < -0.3 is 9.84 Å². The molecule has 1 aliphatic heterocycles. The molecule has 1 unspecified atom stereocenters. The van der Waals surface area contributed by atoms with Crippen molar-refractivity contribution in [2.75, 3.05) is 6.54 Å². The van der Waals surface area contributed by atoms with Gasteiger partial charge in [-0.05, 0) is 19.4 Å². The second-order valence-corrected chi connectivity index (χ2v) is 3.92. The summed E-state index contributed by atoms with van der Waals surface area (Å²) in [7, 11) is 0. The van der Waals surface area contributed by atoms with Crippen molar-refractivity contribution in [3.8, 4) is 0 Å². The summed E-state index contributed by atoms with van der Waals surface area (Å²) in [5.74, 6) is 0.561. The van der Waals surface area contributed by atoms with E-state index in [4.69, 9.17) is 4.52 Å². The first-order valence-electron chi connectivity index (χ1n) is 5.32. The second kappa shape index (κ2) is 4.53. The summed E-state index contributed by atoms with van der Waals surface area (Å²) in [5, 5.41) is 7.18. The fraction of sp³-hybridized carbons (Fsp3) is 0.700. The lowest BCUT2D eigenvalue weighted by molar-refractivity contribution is 0.0972. The zero-order chi connectivity index (χ0) is 10.7. The Morgan fingerprint density at radius 3 is 3.07 bits per heavy atom. The summed E-state index contributed by atoms with van der Waals surface area (Å²) < 4.78 is 4.83. The van der Waals surface area contributed by atoms with E-state index in [9.17, 15) is 4.79 Å². The summed E-state index contributed by atoms with van der Waals surface area (Å²) >= 11 is 0. The van der Waals surface area contributed by atoms with Crippen molar-refractivity contribution in [2.24, 2.45) is 0 Å². The molecule has 15 heavy (non-hydrogen) atoms. The number of carbonyl (C=O) groups is 1. The molecular formula is C10H15N3O2. The second-order valence-electron chi connectivity index (χ2n) is 3.92. The molecule has 0 spiro atoms. The summed E-state index contributed by atoms with van der Waals surface area (Å²) in [6.45, 7) is 2.48. The van der Waals surface area contributed by atoms with Crippen LogP contribution in [0.15, 0.2) is 4.52 Å². The molecule has 1 N–H and O–H groups in total. The van der Waals surface area contributed by atoms with Gasteiger partial charge in [0.2, 0.25) is 5.78 Å². The first kappa shape index (κ1) is 10.3. The lowest BCUT2D eigenvalue weighted by Gasteiger charge is -2.21. The molecule has 1 aromatic heterocycles. The Morgan fingerprint density at radius 1 is 1.60 bits per heavy atom. The smallest absolute Gasteiger partial charge is 0.293 e. The molecule has 5 nitrogen and oxygen atoms in total. The van der Waals surface area contributed by atoms with Crippen LogP contribution in [0.2, 0.25) is 0 Å². The number of ketones is 1. The van der Waals surface area contributed by atoms with Gasteiger partial charge in [0.1, 0.15) is 0 Å². The molecule has 0 saturated carbocycles. The Labute approximate surface area is 88.2 Å². The molecule has 0 amide bonds. The maximum absolute atomic E-state index is 10.9. The van der Waals surface area contributed by atoms with Gasteiger partial charge >= 0.3 is 0 Å². The SMILES string of the molecule is CC(=O)c1nc(CC2CCCCN2)no1. The molecule has 82 valence electrons. The van der Waals surface area contributed by atoms with Gasteiger partial charge in [0.15, 0.2) is 5.82 Å². The Balaban J connectivity index is 1.94. The first-order valence-corrected chi connectivity index (χ1v) is 5.32. The van der Waals surface area contributed by atoms with Crippen molar-refractivity contribution >= 4 is 5.78 Å². The number of rotatable bonds is 3. The maximum Gasteiger partial charge on any atom is 0.293 e. The summed E-state index contributed by atoms with van der Waals surface area (Å²) in [6.07, 6.45) is 4.37. The van der Waals surface area contributed by atoms with Crippen LogP contribution in [0.4, 0.5) is 0 Å². The number of piperidine rings is 1. The fourth-order valence-electron chi connectivity index (χ4n) is 1.80. The van der Waals surface area contributed by atoms with Crippen LogP contribution in [0.1, 0.15) is 42.7 Å². The highest BCUT2D eigenvalue weighted by molar-refractivity contribution is 5.89. The zero-order valence-corrected chi connectivity index (χ0v) is 8.82. The van der Waals surface area contributed by atoms with E-state index in [1.165, 1.54) is 19.8 Å². The van der Waals surface area contributed by atoms with Crippen molar-refractivity contribution in [2.45, 2.75) is 38.6 Å². The van der Waals surface area contributed by atoms with Crippen molar-refractivity contribution in [3.63, 3.8) is 0 Å². The third-order valence-corrected chi connectivity index (χ3v) is 2.61. The van der Waals surface area contributed by atoms with Crippen LogP contribution in [0.3, 0.4) is 0 Å². The zero-order valence-electron chi connectivity index (χ0n) is 8.82. The van der Waals surface area contributed by atoms with Gasteiger partial charge in [-0.2, -0.15) is 4.98 Å². The maximum atomic E-state index is 10.9. The monoisotopic (exact) mass is 209 g/mol. The molecule has 1 aromatic rings. The Morgan fingerprint density at radius 2 is 2.47 bits per heavy atom. The minimum atomic E-state index is -0.176. The molecule has 0 aliphatic carbocycles. The van der Waals surface area contributed by atoms with Crippen molar-refractivity contribution in [1.29, 1.82) is 0 Å². The number of hydrogen-bond acceptors (Lipinski definition) is 5. The van der Waals surface area contributed by atoms with E-state index in [0.717, 1.165) is 19.4 Å². The third-order valence-electron chi connectivity index (χ3n) is 2.61. The van der Waals surface area contributed by atoms with Gasteiger partial charge in [-0.3, -0.25) is 4.79 Å². The summed E-state index contributed by atoms with van der Waals surface area (Å²) in [4.78, 5) is 15.0. The lowest BCUT2D eigenvalue weighted by Crippen LogP contribution is -2.35. The van der Waals surface area contributed by atoms with Gasteiger partial charge in [0.05, 0.1) is 0 Å². The Hall–Kier alpha value is -1.23. The average molecular weight is 209 g/mol. The van der Waals surface area contributed by atoms with E-state index in [2.05, 4.69) is 15.5 Å². The summed E-state index contributed by atoms with van der Waals surface area (Å²) in [5.41, 5.74) is 0. The van der Waals surface area contributed by atoms with Crippen LogP contribution >= 0.6 is 0 Å². The number of nitrogens with zero attached hydrogens (tertiary/aromatic N) is 2. The number of hydrogen-bond donors (Lipinski definition) is 1. The van der Waals surface area contributed by atoms with E-state index >= 15 is 0 Å². The minimum absolute atomic E-state index is 0.112. The molecule has 2 rings (SSSR count). The molecule has 1 saturated heterocycles. The molecule has 0 radical (unpaired) electrons. The van der Waals surface area contributed by atoms with Gasteiger partial charge in [-0.1, -0.05) is 11.6 Å². The van der Waals surface area contributed by atoms with E-state index < -0.39 is 0 Å². The molecule has 5 heteroatoms. The number of carbonyl (C=O) groups excluding carboxylic acids is 1. The standard InChI is InChI=1S/C10H15N3O2/c1-7(14)10-12-9(13-15-10)6-8-4-2-3-5-11-8/h8,11H,2-6H2,1H3. The number of Topliss-reactive ketones (excluding diaryl/α,β-unsaturated/α-hetero) is 1. The van der Waals surface area contributed by atoms with Gasteiger partial charge in [-0.25, -0.2) is 0 Å². The molecule has 0 bridgehead atoms. The van der Waals surface area contributed by atoms with E-state index in [-0.39, 0.29) is 11.7 Å². The Bertz CT molecular complexity index is 342. The molecule has 2 heterocycles. The van der Waals surface area contributed by atoms with Crippen LogP contribution in [0.5, 0.6) is 0 Å². The largest absolute Gasteiger partial charge is 0.331 e. The number of aromatic nitrogens is 2. The molecular weight excluding hydrogens is 194 g/mol. The van der Waals surface area contributed by atoms with Crippen LogP contribution < -0.4 is 5.32 Å². The van der Waals surface area contributed by atoms with Crippen LogP contribution in [-0.4, -0.2) is 28.5 Å². The van der Waals surface area contributed by atoms with E-state index in [1.807, 2.05) is 0 Å². The quantitative estimate of drug-likeness (QED) is 0.751. The third kappa shape index (κ3) is 2.62. The van der Waals surface area contributed by atoms with Gasteiger partial charge in [-0.15, -0.1) is 0 Å². The predicted octanol–water partition coefficient (Wildman–Crippen LogP) is 0.957. The first-order chi connectivity index (χ1) is 7.25. The van der Waals surface area contributed by atoms with E-state index in [0.29, 0.717) is 11.9 Å². The van der Waals surface area contributed by atoms with Gasteiger partial charge in [0.25, 0.3) is 5.89 Å². The van der Waals surface area contributed by atoms with Crippen molar-refractivity contribution in [3.05, 3.63) is 11.7 Å². The topological polar surface area (TPSA) is 68.0 Å². The minimum Gasteiger partial charge on any atom is -0.331 e. The van der Waals surface area contributed by atoms with E-state index in [1.54, 1.807) is 0 Å². The van der Waals surface area contributed by atoms with Gasteiger partial charge in [0, 0.05) is 19.4 Å². The molecule has 1 atom stereocenters. The van der Waals surface area contributed by atoms with Crippen molar-refractivity contribution in [1.82, 2.24) is 15.5 Å². The lowest BCUT2D eigenvalue weighted by atomic mass is 10.0. The molecule has 1 aliphatic rings. The summed E-state index contributed by atoms with van der Waals surface area (Å²) in [6, 6.07) is 0.427. The normalized spacial score (nSPS) is 21.5. The number of nitrogens with one attached hydrogen (secondary N) is 1. The highest BCUT2D eigenvalue weighted by Crippen LogP contribution is 2.11. The van der Waals surface area contributed by atoms with Crippen molar-refractivity contribution < 1.29 is 9.32 Å². The highest BCUT2D eigenvalue weighted by atomic mass is 16.5. The Kier molecular flexibility index (Phi) is 3.11. The highest BCUT2D eigenvalue weighted by Gasteiger charge is 2.17. The predicted molar refractivity (Wildman–Crippen MR) is 53.6 cm³/mol. The average Bonchev–Trinajstić information content (AvgIpc) is 2.68. The molecule has 1 fully saturated rings. The molecule has 0 aromatic carbocycles. The van der Waals surface area contributed by atoms with Crippen LogP contribution in [0.25, 0.3) is 0 Å². The van der Waals surface area contributed by atoms with Crippen LogP contribution in [0, 0.1) is 0 Å². The van der Waals surface area contributed by atoms with Crippen LogP contribution in [-0.2, 0) is 6.42 Å².